The van der Waals surface area contributed by atoms with Crippen molar-refractivity contribution in [2.45, 2.75) is 13.5 Å². The number of anilines is 3. The van der Waals surface area contributed by atoms with Gasteiger partial charge in [-0.05, 0) is 36.8 Å². The highest BCUT2D eigenvalue weighted by atomic mass is 35.5. The van der Waals surface area contributed by atoms with Gasteiger partial charge in [0.2, 0.25) is 5.95 Å². The number of rotatable bonds is 6. The van der Waals surface area contributed by atoms with Gasteiger partial charge in [0, 0.05) is 23.8 Å². The molecular formula is C18H18ClN5. The highest BCUT2D eigenvalue weighted by Gasteiger charge is 2.09. The topological polar surface area (TPSA) is 53.9 Å². The van der Waals surface area contributed by atoms with Crippen LogP contribution < -0.4 is 10.2 Å². The zero-order valence-corrected chi connectivity index (χ0v) is 14.1. The number of aromatic nitrogens is 3. The van der Waals surface area contributed by atoms with Crippen LogP contribution in [0, 0.1) is 0 Å². The largest absolute Gasteiger partial charge is 0.351 e. The SMILES string of the molecule is CCN(Cc1ccccc1)c1cnnc(Nc2ccc(Cl)cc2)n1. The lowest BCUT2D eigenvalue weighted by molar-refractivity contribution is 0.798. The van der Waals surface area contributed by atoms with Crippen molar-refractivity contribution in [3.63, 3.8) is 0 Å². The standard InChI is InChI=1S/C18H18ClN5/c1-2-24(13-14-6-4-3-5-7-14)17-12-20-23-18(22-17)21-16-10-8-15(19)9-11-16/h3-12H,2,13H2,1H3,(H,21,22,23). The van der Waals surface area contributed by atoms with Gasteiger partial charge in [-0.15, -0.1) is 5.10 Å². The Morgan fingerprint density at radius 2 is 1.79 bits per heavy atom. The Kier molecular flexibility index (Phi) is 5.23. The maximum atomic E-state index is 5.90. The van der Waals surface area contributed by atoms with E-state index < -0.39 is 0 Å². The normalized spacial score (nSPS) is 10.4. The summed E-state index contributed by atoms with van der Waals surface area (Å²) in [6, 6.07) is 17.7. The minimum atomic E-state index is 0.460. The average Bonchev–Trinajstić information content (AvgIpc) is 2.63. The molecule has 0 atom stereocenters. The van der Waals surface area contributed by atoms with Gasteiger partial charge in [0.05, 0.1) is 6.20 Å². The van der Waals surface area contributed by atoms with E-state index in [-0.39, 0.29) is 0 Å². The number of hydrogen-bond donors (Lipinski definition) is 1. The highest BCUT2D eigenvalue weighted by Crippen LogP contribution is 2.19. The van der Waals surface area contributed by atoms with Crippen molar-refractivity contribution in [2.24, 2.45) is 0 Å². The van der Waals surface area contributed by atoms with Gasteiger partial charge in [-0.3, -0.25) is 0 Å². The molecule has 1 heterocycles. The molecule has 1 aromatic heterocycles. The molecule has 2 aromatic carbocycles. The summed E-state index contributed by atoms with van der Waals surface area (Å²) in [5.74, 6) is 1.24. The summed E-state index contributed by atoms with van der Waals surface area (Å²) in [6.45, 7) is 3.70. The van der Waals surface area contributed by atoms with Gasteiger partial charge in [-0.2, -0.15) is 10.1 Å². The third kappa shape index (κ3) is 4.20. The minimum Gasteiger partial charge on any atom is -0.351 e. The first-order valence-electron chi connectivity index (χ1n) is 7.76. The number of nitrogens with zero attached hydrogens (tertiary/aromatic N) is 4. The lowest BCUT2D eigenvalue weighted by Crippen LogP contribution is -2.23. The van der Waals surface area contributed by atoms with E-state index >= 15 is 0 Å². The Balaban J connectivity index is 1.76. The fourth-order valence-corrected chi connectivity index (χ4v) is 2.45. The maximum Gasteiger partial charge on any atom is 0.249 e. The first-order chi connectivity index (χ1) is 11.7. The molecule has 0 aliphatic carbocycles. The van der Waals surface area contributed by atoms with Crippen LogP contribution in [0.15, 0.2) is 60.8 Å². The first kappa shape index (κ1) is 16.2. The van der Waals surface area contributed by atoms with E-state index in [2.05, 4.69) is 44.5 Å². The van der Waals surface area contributed by atoms with Gasteiger partial charge in [-0.25, -0.2) is 0 Å². The Bertz CT molecular complexity index is 777. The minimum absolute atomic E-state index is 0.460. The average molecular weight is 340 g/mol. The van der Waals surface area contributed by atoms with Gasteiger partial charge in [0.25, 0.3) is 0 Å². The monoisotopic (exact) mass is 339 g/mol. The van der Waals surface area contributed by atoms with Crippen LogP contribution in [0.5, 0.6) is 0 Å². The van der Waals surface area contributed by atoms with Gasteiger partial charge in [0.15, 0.2) is 5.82 Å². The van der Waals surface area contributed by atoms with Crippen LogP contribution in [0.2, 0.25) is 5.02 Å². The molecule has 1 N–H and O–H groups in total. The van der Waals surface area contributed by atoms with Crippen LogP contribution in [0.1, 0.15) is 12.5 Å². The van der Waals surface area contributed by atoms with Crippen LogP contribution in [0.25, 0.3) is 0 Å². The Labute approximate surface area is 146 Å². The molecule has 24 heavy (non-hydrogen) atoms. The van der Waals surface area contributed by atoms with E-state index in [1.165, 1.54) is 5.56 Å². The molecule has 0 spiro atoms. The van der Waals surface area contributed by atoms with Crippen molar-refractivity contribution < 1.29 is 0 Å². The Hall–Kier alpha value is -2.66. The zero-order chi connectivity index (χ0) is 16.8. The van der Waals surface area contributed by atoms with E-state index in [1.54, 1.807) is 6.20 Å². The third-order valence-electron chi connectivity index (χ3n) is 3.57. The second-order valence-electron chi connectivity index (χ2n) is 5.27. The second kappa shape index (κ2) is 7.75. The van der Waals surface area contributed by atoms with E-state index in [0.717, 1.165) is 24.6 Å². The molecule has 0 unspecified atom stereocenters. The number of benzene rings is 2. The molecule has 3 aromatic rings. The summed E-state index contributed by atoms with van der Waals surface area (Å²) in [6.07, 6.45) is 1.68. The molecule has 0 saturated carbocycles. The predicted molar refractivity (Wildman–Crippen MR) is 97.7 cm³/mol. The Morgan fingerprint density at radius 1 is 1.04 bits per heavy atom. The van der Waals surface area contributed by atoms with Crippen LogP contribution >= 0.6 is 11.6 Å². The van der Waals surface area contributed by atoms with Crippen molar-refractivity contribution in [1.82, 2.24) is 15.2 Å². The summed E-state index contributed by atoms with van der Waals surface area (Å²) in [5.41, 5.74) is 2.09. The first-order valence-corrected chi connectivity index (χ1v) is 8.13. The van der Waals surface area contributed by atoms with Crippen molar-refractivity contribution in [1.29, 1.82) is 0 Å². The van der Waals surface area contributed by atoms with Gasteiger partial charge in [-0.1, -0.05) is 41.9 Å². The van der Waals surface area contributed by atoms with E-state index in [9.17, 15) is 0 Å². The number of halogens is 1. The van der Waals surface area contributed by atoms with E-state index in [0.29, 0.717) is 11.0 Å². The molecule has 5 nitrogen and oxygen atoms in total. The van der Waals surface area contributed by atoms with E-state index in [4.69, 9.17) is 11.6 Å². The van der Waals surface area contributed by atoms with Gasteiger partial charge >= 0.3 is 0 Å². The van der Waals surface area contributed by atoms with Crippen molar-refractivity contribution in [3.05, 3.63) is 71.4 Å². The molecule has 0 aliphatic heterocycles. The fraction of sp³-hybridized carbons (Fsp3) is 0.167. The van der Waals surface area contributed by atoms with Crippen LogP contribution in [-0.2, 0) is 6.54 Å². The molecule has 0 radical (unpaired) electrons. The third-order valence-corrected chi connectivity index (χ3v) is 3.82. The summed E-state index contributed by atoms with van der Waals surface area (Å²) < 4.78 is 0. The quantitative estimate of drug-likeness (QED) is 0.725. The molecule has 6 heteroatoms. The van der Waals surface area contributed by atoms with Crippen molar-refractivity contribution in [3.8, 4) is 0 Å². The van der Waals surface area contributed by atoms with Crippen LogP contribution in [-0.4, -0.2) is 21.7 Å². The molecule has 3 rings (SSSR count). The molecule has 0 amide bonds. The molecule has 0 bridgehead atoms. The van der Waals surface area contributed by atoms with E-state index in [1.807, 2.05) is 42.5 Å². The van der Waals surface area contributed by atoms with Crippen molar-refractivity contribution in [2.75, 3.05) is 16.8 Å². The van der Waals surface area contributed by atoms with Gasteiger partial charge < -0.3 is 10.2 Å². The smallest absolute Gasteiger partial charge is 0.249 e. The molecule has 0 fully saturated rings. The molecule has 0 saturated heterocycles. The predicted octanol–water partition coefficient (Wildman–Crippen LogP) is 4.30. The number of nitrogens with one attached hydrogen (secondary N) is 1. The number of hydrogen-bond acceptors (Lipinski definition) is 5. The highest BCUT2D eigenvalue weighted by molar-refractivity contribution is 6.30. The lowest BCUT2D eigenvalue weighted by Gasteiger charge is -2.21. The zero-order valence-electron chi connectivity index (χ0n) is 13.4. The summed E-state index contributed by atoms with van der Waals surface area (Å²) in [4.78, 5) is 6.72. The molecule has 0 aliphatic rings. The van der Waals surface area contributed by atoms with Gasteiger partial charge in [0.1, 0.15) is 0 Å². The second-order valence-corrected chi connectivity index (χ2v) is 5.71. The molecular weight excluding hydrogens is 322 g/mol. The molecule has 122 valence electrons. The van der Waals surface area contributed by atoms with Crippen LogP contribution in [0.3, 0.4) is 0 Å². The fourth-order valence-electron chi connectivity index (χ4n) is 2.32. The van der Waals surface area contributed by atoms with Crippen molar-refractivity contribution >= 4 is 29.1 Å². The summed E-state index contributed by atoms with van der Waals surface area (Å²) in [5, 5.41) is 11.9. The summed E-state index contributed by atoms with van der Waals surface area (Å²) in [7, 11) is 0. The Morgan fingerprint density at radius 3 is 2.50 bits per heavy atom. The summed E-state index contributed by atoms with van der Waals surface area (Å²) >= 11 is 5.90. The van der Waals surface area contributed by atoms with Crippen LogP contribution in [0.4, 0.5) is 17.5 Å². The maximum absolute atomic E-state index is 5.90. The lowest BCUT2D eigenvalue weighted by atomic mass is 10.2.